The molecule has 0 radical (unpaired) electrons. The van der Waals surface area contributed by atoms with Crippen molar-refractivity contribution in [3.63, 3.8) is 0 Å². The summed E-state index contributed by atoms with van der Waals surface area (Å²) in [6.45, 7) is 5.02. The molecule has 0 aromatic heterocycles. The lowest BCUT2D eigenvalue weighted by Crippen LogP contribution is -2.55. The van der Waals surface area contributed by atoms with Gasteiger partial charge in [0.1, 0.15) is 0 Å². The van der Waals surface area contributed by atoms with E-state index in [1.165, 1.54) is 19.3 Å². The van der Waals surface area contributed by atoms with Gasteiger partial charge in [0, 0.05) is 17.4 Å². The molecule has 4 aliphatic rings. The largest absolute Gasteiger partial charge is 0.396 e. The lowest BCUT2D eigenvalue weighted by Gasteiger charge is -2.55. The summed E-state index contributed by atoms with van der Waals surface area (Å²) in [6, 6.07) is 0. The van der Waals surface area contributed by atoms with Crippen LogP contribution in [0.1, 0.15) is 65.2 Å². The first-order chi connectivity index (χ1) is 10.0. The van der Waals surface area contributed by atoms with Gasteiger partial charge in [-0.15, -0.1) is 0 Å². The van der Waals surface area contributed by atoms with Crippen LogP contribution in [0, 0.1) is 28.6 Å². The zero-order valence-corrected chi connectivity index (χ0v) is 13.7. The molecule has 4 saturated carbocycles. The van der Waals surface area contributed by atoms with E-state index in [1.807, 2.05) is 0 Å². The molecule has 0 aliphatic heterocycles. The monoisotopic (exact) mass is 293 g/mol. The highest BCUT2D eigenvalue weighted by Gasteiger charge is 2.54. The van der Waals surface area contributed by atoms with Crippen molar-refractivity contribution in [2.75, 3.05) is 13.2 Å². The van der Waals surface area contributed by atoms with Crippen molar-refractivity contribution in [1.82, 2.24) is 5.32 Å². The highest BCUT2D eigenvalue weighted by atomic mass is 16.3. The van der Waals surface area contributed by atoms with E-state index in [1.54, 1.807) is 0 Å². The zero-order valence-electron chi connectivity index (χ0n) is 13.7. The van der Waals surface area contributed by atoms with Crippen LogP contribution in [0.25, 0.3) is 0 Å². The van der Waals surface area contributed by atoms with Crippen LogP contribution in [0.3, 0.4) is 0 Å². The predicted octanol–water partition coefficient (Wildman–Crippen LogP) is 3.12. The Morgan fingerprint density at radius 3 is 1.95 bits per heavy atom. The number of hydrogen-bond donors (Lipinski definition) is 2. The Morgan fingerprint density at radius 1 is 1.10 bits per heavy atom. The average Bonchev–Trinajstić information content (AvgIpc) is 2.47. The number of nitrogens with one attached hydrogen (secondary N) is 1. The van der Waals surface area contributed by atoms with E-state index in [4.69, 9.17) is 0 Å². The van der Waals surface area contributed by atoms with Gasteiger partial charge in [0.2, 0.25) is 5.91 Å². The Kier molecular flexibility index (Phi) is 4.06. The van der Waals surface area contributed by atoms with Crippen molar-refractivity contribution in [2.24, 2.45) is 28.6 Å². The second-order valence-corrected chi connectivity index (χ2v) is 8.25. The highest BCUT2D eigenvalue weighted by molar-refractivity contribution is 5.83. The van der Waals surface area contributed by atoms with E-state index in [0.29, 0.717) is 12.5 Å². The fourth-order valence-corrected chi connectivity index (χ4v) is 5.62. The molecule has 4 rings (SSSR count). The van der Waals surface area contributed by atoms with Crippen molar-refractivity contribution in [3.8, 4) is 0 Å². The smallest absolute Gasteiger partial charge is 0.226 e. The molecule has 0 aromatic carbocycles. The maximum atomic E-state index is 12.9. The van der Waals surface area contributed by atoms with Crippen molar-refractivity contribution in [3.05, 3.63) is 0 Å². The second-order valence-electron chi connectivity index (χ2n) is 8.25. The fraction of sp³-hybridized carbons (Fsp3) is 0.944. The van der Waals surface area contributed by atoms with Crippen LogP contribution in [0.15, 0.2) is 0 Å². The van der Waals surface area contributed by atoms with Gasteiger partial charge in [-0.3, -0.25) is 4.79 Å². The molecule has 0 unspecified atom stereocenters. The zero-order chi connectivity index (χ0) is 15.1. The molecule has 120 valence electrons. The molecule has 0 saturated heterocycles. The molecule has 4 fully saturated rings. The minimum absolute atomic E-state index is 0.0581. The Bertz CT molecular complexity index is 356. The third-order valence-corrected chi connectivity index (χ3v) is 6.98. The van der Waals surface area contributed by atoms with Gasteiger partial charge in [-0.1, -0.05) is 13.8 Å². The maximum absolute atomic E-state index is 12.9. The second kappa shape index (κ2) is 5.57. The van der Waals surface area contributed by atoms with Gasteiger partial charge in [-0.25, -0.2) is 0 Å². The maximum Gasteiger partial charge on any atom is 0.226 e. The summed E-state index contributed by atoms with van der Waals surface area (Å²) in [5.74, 6) is 2.71. The molecule has 0 heterocycles. The molecule has 2 N–H and O–H groups in total. The fourth-order valence-electron chi connectivity index (χ4n) is 5.62. The SMILES string of the molecule is CCC(CC)(CO)CNC(=O)C12CC3CC(CC(C3)C1)C2. The van der Waals surface area contributed by atoms with E-state index in [0.717, 1.165) is 49.9 Å². The van der Waals surface area contributed by atoms with Gasteiger partial charge in [-0.2, -0.15) is 0 Å². The van der Waals surface area contributed by atoms with Crippen LogP contribution in [-0.2, 0) is 4.79 Å². The van der Waals surface area contributed by atoms with Crippen LogP contribution < -0.4 is 5.32 Å². The summed E-state index contributed by atoms with van der Waals surface area (Å²) >= 11 is 0. The quantitative estimate of drug-likeness (QED) is 0.790. The molecule has 0 spiro atoms. The number of carbonyl (C=O) groups is 1. The number of rotatable bonds is 6. The average molecular weight is 293 g/mol. The number of aliphatic hydroxyl groups excluding tert-OH is 1. The first kappa shape index (κ1) is 15.3. The van der Waals surface area contributed by atoms with Gasteiger partial charge in [-0.05, 0) is 69.1 Å². The molecule has 0 aromatic rings. The number of carbonyl (C=O) groups excluding carboxylic acids is 1. The van der Waals surface area contributed by atoms with Crippen molar-refractivity contribution >= 4 is 5.91 Å². The highest BCUT2D eigenvalue weighted by Crippen LogP contribution is 2.60. The molecule has 3 heteroatoms. The molecular formula is C18H31NO2. The van der Waals surface area contributed by atoms with Crippen LogP contribution >= 0.6 is 0 Å². The molecule has 3 nitrogen and oxygen atoms in total. The molecule has 4 aliphatic carbocycles. The third kappa shape index (κ3) is 2.62. The van der Waals surface area contributed by atoms with Crippen molar-refractivity contribution in [1.29, 1.82) is 0 Å². The standard InChI is InChI=1S/C18H31NO2/c1-3-17(4-2,12-20)11-19-16(21)18-8-13-5-14(9-18)7-15(6-13)10-18/h13-15,20H,3-12H2,1-2H3,(H,19,21). The van der Waals surface area contributed by atoms with Crippen LogP contribution in [0.5, 0.6) is 0 Å². The number of hydrogen-bond acceptors (Lipinski definition) is 2. The Morgan fingerprint density at radius 2 is 1.57 bits per heavy atom. The van der Waals surface area contributed by atoms with Gasteiger partial charge >= 0.3 is 0 Å². The van der Waals surface area contributed by atoms with Gasteiger partial charge < -0.3 is 10.4 Å². The van der Waals surface area contributed by atoms with E-state index in [9.17, 15) is 9.90 Å². The molecular weight excluding hydrogens is 262 g/mol. The van der Waals surface area contributed by atoms with Gasteiger partial charge in [0.05, 0.1) is 6.61 Å². The normalized spacial score (nSPS) is 37.8. The molecule has 0 atom stereocenters. The lowest BCUT2D eigenvalue weighted by atomic mass is 9.49. The lowest BCUT2D eigenvalue weighted by molar-refractivity contribution is -0.147. The van der Waals surface area contributed by atoms with Crippen molar-refractivity contribution < 1.29 is 9.90 Å². The Labute approximate surface area is 128 Å². The molecule has 4 bridgehead atoms. The molecule has 1 amide bonds. The predicted molar refractivity (Wildman–Crippen MR) is 83.7 cm³/mol. The summed E-state index contributed by atoms with van der Waals surface area (Å²) in [7, 11) is 0. The Hall–Kier alpha value is -0.570. The van der Waals surface area contributed by atoms with E-state index >= 15 is 0 Å². The topological polar surface area (TPSA) is 49.3 Å². The third-order valence-electron chi connectivity index (χ3n) is 6.98. The summed E-state index contributed by atoms with van der Waals surface area (Å²) in [5.41, 5.74) is -0.185. The van der Waals surface area contributed by atoms with Crippen LogP contribution in [0.4, 0.5) is 0 Å². The first-order valence-corrected chi connectivity index (χ1v) is 8.94. The summed E-state index contributed by atoms with van der Waals surface area (Å²) < 4.78 is 0. The molecule has 21 heavy (non-hydrogen) atoms. The van der Waals surface area contributed by atoms with E-state index < -0.39 is 0 Å². The minimum Gasteiger partial charge on any atom is -0.396 e. The van der Waals surface area contributed by atoms with Crippen LogP contribution in [0.2, 0.25) is 0 Å². The number of amides is 1. The Balaban J connectivity index is 1.66. The van der Waals surface area contributed by atoms with E-state index in [-0.39, 0.29) is 17.4 Å². The minimum atomic E-state index is -0.127. The first-order valence-electron chi connectivity index (χ1n) is 8.94. The van der Waals surface area contributed by atoms with Gasteiger partial charge in [0.25, 0.3) is 0 Å². The summed E-state index contributed by atoms with van der Waals surface area (Å²) in [4.78, 5) is 12.9. The van der Waals surface area contributed by atoms with Crippen molar-refractivity contribution in [2.45, 2.75) is 65.2 Å². The van der Waals surface area contributed by atoms with Crippen LogP contribution in [-0.4, -0.2) is 24.2 Å². The summed E-state index contributed by atoms with van der Waals surface area (Å²) in [5, 5.41) is 12.9. The van der Waals surface area contributed by atoms with Gasteiger partial charge in [0.15, 0.2) is 0 Å². The van der Waals surface area contributed by atoms with E-state index in [2.05, 4.69) is 19.2 Å². The summed E-state index contributed by atoms with van der Waals surface area (Å²) in [6.07, 6.45) is 9.31. The number of aliphatic hydroxyl groups is 1.